The molecule has 164 valence electrons. The van der Waals surface area contributed by atoms with Crippen LogP contribution in [0.2, 0.25) is 10.0 Å². The molecule has 6 rings (SSSR count). The Morgan fingerprint density at radius 2 is 1.76 bits per heavy atom. The van der Waals surface area contributed by atoms with Crippen molar-refractivity contribution in [3.8, 4) is 11.1 Å². The minimum Gasteiger partial charge on any atom is -0.464 e. The largest absolute Gasteiger partial charge is 0.464 e. The third-order valence-corrected chi connectivity index (χ3v) is 6.96. The van der Waals surface area contributed by atoms with E-state index in [1.165, 1.54) is 14.2 Å². The second kappa shape index (κ2) is 6.73. The lowest BCUT2D eigenvalue weighted by molar-refractivity contribution is 0.0590. The van der Waals surface area contributed by atoms with Crippen molar-refractivity contribution in [3.63, 3.8) is 0 Å². The standard InChI is InChI=1S/C24H15Cl2N3O4/c1-32-22(30)20-17-11-8-27-15-6-4-13(26)18(16(11)15)24(19(17)21(29-20)23(31)33-2)9-28-14-5-3-10(25)7-12(14)24/h3-9,27,29H,1-2H3/t24-/m0/s1. The molecule has 0 bridgehead atoms. The highest BCUT2D eigenvalue weighted by Gasteiger charge is 2.51. The first-order valence-corrected chi connectivity index (χ1v) is 10.8. The number of halogens is 2. The summed E-state index contributed by atoms with van der Waals surface area (Å²) in [5, 5.41) is 1.83. The molecule has 0 amide bonds. The van der Waals surface area contributed by atoms with Crippen molar-refractivity contribution in [2.75, 3.05) is 14.2 Å². The van der Waals surface area contributed by atoms with Crippen molar-refractivity contribution in [2.45, 2.75) is 5.41 Å². The normalized spacial score (nSPS) is 17.3. The zero-order valence-corrected chi connectivity index (χ0v) is 18.9. The van der Waals surface area contributed by atoms with Gasteiger partial charge in [-0.25, -0.2) is 9.59 Å². The van der Waals surface area contributed by atoms with E-state index in [0.717, 1.165) is 27.6 Å². The molecule has 0 radical (unpaired) electrons. The molecule has 33 heavy (non-hydrogen) atoms. The molecule has 2 N–H and O–H groups in total. The van der Waals surface area contributed by atoms with Gasteiger partial charge in [-0.05, 0) is 35.9 Å². The molecule has 4 aromatic rings. The van der Waals surface area contributed by atoms with Crippen LogP contribution >= 0.6 is 23.2 Å². The number of esters is 2. The second-order valence-electron chi connectivity index (χ2n) is 7.88. The summed E-state index contributed by atoms with van der Waals surface area (Å²) in [6, 6.07) is 9.05. The Bertz CT molecular complexity index is 1570. The predicted octanol–water partition coefficient (Wildman–Crippen LogP) is 5.41. The smallest absolute Gasteiger partial charge is 0.355 e. The molecule has 1 aliphatic heterocycles. The molecule has 7 nitrogen and oxygen atoms in total. The lowest BCUT2D eigenvalue weighted by atomic mass is 9.64. The fraction of sp³-hybridized carbons (Fsp3) is 0.125. The van der Waals surface area contributed by atoms with Crippen molar-refractivity contribution in [2.24, 2.45) is 4.99 Å². The number of fused-ring (bicyclic) bond motifs is 6. The molecule has 0 saturated carbocycles. The van der Waals surface area contributed by atoms with Crippen molar-refractivity contribution in [1.82, 2.24) is 9.97 Å². The van der Waals surface area contributed by atoms with Gasteiger partial charge in [0.05, 0.1) is 25.3 Å². The monoisotopic (exact) mass is 479 g/mol. The number of aromatic amines is 2. The second-order valence-corrected chi connectivity index (χ2v) is 8.73. The summed E-state index contributed by atoms with van der Waals surface area (Å²) in [6.07, 6.45) is 3.55. The summed E-state index contributed by atoms with van der Waals surface area (Å²) in [7, 11) is 2.57. The van der Waals surface area contributed by atoms with Gasteiger partial charge in [-0.3, -0.25) is 4.99 Å². The Kier molecular flexibility index (Phi) is 4.09. The first kappa shape index (κ1) is 20.1. The number of ether oxygens (including phenoxy) is 2. The summed E-state index contributed by atoms with van der Waals surface area (Å²) in [6.45, 7) is 0. The highest BCUT2D eigenvalue weighted by molar-refractivity contribution is 6.34. The van der Waals surface area contributed by atoms with Gasteiger partial charge in [0, 0.05) is 55.6 Å². The fourth-order valence-corrected chi connectivity index (χ4v) is 5.63. The molecule has 0 saturated heterocycles. The SMILES string of the molecule is COC(=O)c1[nH]c(C(=O)OC)c2c1-c1c[nH]c3ccc(Cl)c(c13)[C@@]21C=Nc2ccc(Cl)cc21. The van der Waals surface area contributed by atoms with Crippen LogP contribution < -0.4 is 0 Å². The number of benzene rings is 2. The van der Waals surface area contributed by atoms with Crippen molar-refractivity contribution in [3.05, 3.63) is 74.7 Å². The van der Waals surface area contributed by atoms with Crippen molar-refractivity contribution >= 4 is 57.9 Å². The molecule has 2 aliphatic rings. The topological polar surface area (TPSA) is 96.5 Å². The number of nitrogens with zero attached hydrogens (tertiary/aromatic N) is 1. The Morgan fingerprint density at radius 3 is 2.52 bits per heavy atom. The summed E-state index contributed by atoms with van der Waals surface area (Å²) in [5.41, 5.74) is 3.95. The number of aromatic nitrogens is 2. The van der Waals surface area contributed by atoms with E-state index in [0.29, 0.717) is 26.9 Å². The van der Waals surface area contributed by atoms with Crippen LogP contribution in [0.5, 0.6) is 0 Å². The van der Waals surface area contributed by atoms with Gasteiger partial charge in [-0.15, -0.1) is 0 Å². The van der Waals surface area contributed by atoms with Gasteiger partial charge in [-0.1, -0.05) is 23.2 Å². The lowest BCUT2D eigenvalue weighted by Crippen LogP contribution is -2.33. The summed E-state index contributed by atoms with van der Waals surface area (Å²) < 4.78 is 10.1. The molecule has 2 aromatic heterocycles. The average molecular weight is 480 g/mol. The third kappa shape index (κ3) is 2.38. The zero-order chi connectivity index (χ0) is 23.1. The summed E-state index contributed by atoms with van der Waals surface area (Å²) >= 11 is 13.3. The number of methoxy groups -OCH3 is 2. The molecule has 0 unspecified atom stereocenters. The molecule has 3 heterocycles. The Hall–Kier alpha value is -3.55. The van der Waals surface area contributed by atoms with Gasteiger partial charge in [-0.2, -0.15) is 0 Å². The maximum atomic E-state index is 13.0. The third-order valence-electron chi connectivity index (χ3n) is 6.41. The van der Waals surface area contributed by atoms with Crippen LogP contribution in [0.3, 0.4) is 0 Å². The predicted molar refractivity (Wildman–Crippen MR) is 125 cm³/mol. The average Bonchev–Trinajstić information content (AvgIpc) is 3.52. The van der Waals surface area contributed by atoms with Crippen LogP contribution in [-0.4, -0.2) is 42.3 Å². The van der Waals surface area contributed by atoms with Crippen LogP contribution in [-0.2, 0) is 14.9 Å². The van der Waals surface area contributed by atoms with E-state index in [1.54, 1.807) is 24.5 Å². The van der Waals surface area contributed by atoms with E-state index < -0.39 is 17.4 Å². The summed E-state index contributed by atoms with van der Waals surface area (Å²) in [5.74, 6) is -1.25. The van der Waals surface area contributed by atoms with Crippen LogP contribution in [0.1, 0.15) is 37.7 Å². The number of aliphatic imine (C=N–C) groups is 1. The summed E-state index contributed by atoms with van der Waals surface area (Å²) in [4.78, 5) is 36.7. The number of hydrogen-bond donors (Lipinski definition) is 2. The highest BCUT2D eigenvalue weighted by Crippen LogP contribution is 2.59. The zero-order valence-electron chi connectivity index (χ0n) is 17.4. The Balaban J connectivity index is 1.89. The lowest BCUT2D eigenvalue weighted by Gasteiger charge is -2.35. The van der Waals surface area contributed by atoms with E-state index in [9.17, 15) is 9.59 Å². The highest BCUT2D eigenvalue weighted by atomic mass is 35.5. The van der Waals surface area contributed by atoms with Crippen LogP contribution in [0.25, 0.3) is 22.0 Å². The van der Waals surface area contributed by atoms with E-state index in [1.807, 2.05) is 18.2 Å². The molecule has 1 spiro atoms. The molecular formula is C24H15Cl2N3O4. The van der Waals surface area contributed by atoms with Crippen LogP contribution in [0.15, 0.2) is 41.5 Å². The van der Waals surface area contributed by atoms with E-state index in [-0.39, 0.29) is 11.4 Å². The number of nitrogens with one attached hydrogen (secondary N) is 2. The number of carbonyl (C=O) groups excluding carboxylic acids is 2. The van der Waals surface area contributed by atoms with Crippen molar-refractivity contribution < 1.29 is 19.1 Å². The van der Waals surface area contributed by atoms with E-state index in [2.05, 4.69) is 15.0 Å². The minimum atomic E-state index is -1.09. The van der Waals surface area contributed by atoms with E-state index >= 15 is 0 Å². The van der Waals surface area contributed by atoms with E-state index in [4.69, 9.17) is 32.7 Å². The maximum absolute atomic E-state index is 13.0. The number of carbonyl (C=O) groups is 2. The fourth-order valence-electron chi connectivity index (χ4n) is 5.15. The van der Waals surface area contributed by atoms with Gasteiger partial charge in [0.1, 0.15) is 11.4 Å². The van der Waals surface area contributed by atoms with Gasteiger partial charge in [0.25, 0.3) is 0 Å². The first-order valence-electron chi connectivity index (χ1n) is 10.0. The minimum absolute atomic E-state index is 0.118. The number of H-pyrrole nitrogens is 2. The van der Waals surface area contributed by atoms with Gasteiger partial charge >= 0.3 is 11.9 Å². The molecule has 2 aromatic carbocycles. The van der Waals surface area contributed by atoms with Gasteiger partial charge < -0.3 is 19.4 Å². The molecule has 1 aliphatic carbocycles. The molecule has 1 atom stereocenters. The maximum Gasteiger partial charge on any atom is 0.355 e. The van der Waals surface area contributed by atoms with Crippen LogP contribution in [0.4, 0.5) is 5.69 Å². The van der Waals surface area contributed by atoms with Crippen LogP contribution in [0, 0.1) is 0 Å². The number of hydrogen-bond acceptors (Lipinski definition) is 5. The quantitative estimate of drug-likeness (QED) is 0.375. The molecule has 9 heteroatoms. The van der Waals surface area contributed by atoms with Gasteiger partial charge in [0.2, 0.25) is 0 Å². The van der Waals surface area contributed by atoms with Gasteiger partial charge in [0.15, 0.2) is 0 Å². The molecule has 0 fully saturated rings. The molecular weight excluding hydrogens is 465 g/mol. The van der Waals surface area contributed by atoms with Crippen molar-refractivity contribution in [1.29, 1.82) is 0 Å². The first-order chi connectivity index (χ1) is 15.9. The number of rotatable bonds is 2. The Morgan fingerprint density at radius 1 is 1.00 bits per heavy atom. The Labute approximate surface area is 197 Å².